The molecule has 0 spiro atoms. The van der Waals surface area contributed by atoms with Gasteiger partial charge in [0.1, 0.15) is 17.1 Å². The fraction of sp³-hybridized carbons (Fsp3) is 0.0714. The molecule has 2 rings (SSSR count). The Hall–Kier alpha value is -2.40. The first-order chi connectivity index (χ1) is 9.02. The summed E-state index contributed by atoms with van der Waals surface area (Å²) in [4.78, 5) is 11.0. The molecule has 0 bridgehead atoms. The van der Waals surface area contributed by atoms with Gasteiger partial charge < -0.3 is 15.9 Å². The number of hydrogen-bond donors (Lipinski definition) is 3. The third-order valence-electron chi connectivity index (χ3n) is 2.83. The molecular weight excluding hydrogens is 249 g/mol. The van der Waals surface area contributed by atoms with Crippen molar-refractivity contribution in [2.75, 3.05) is 0 Å². The summed E-state index contributed by atoms with van der Waals surface area (Å²) in [7, 11) is 0. The van der Waals surface area contributed by atoms with Gasteiger partial charge in [-0.1, -0.05) is 12.1 Å². The molecule has 2 aromatic rings. The van der Waals surface area contributed by atoms with E-state index < -0.39 is 11.8 Å². The highest BCUT2D eigenvalue weighted by Gasteiger charge is 2.12. The molecule has 0 saturated carbocycles. The molecule has 0 aliphatic heterocycles. The molecule has 19 heavy (non-hydrogen) atoms. The van der Waals surface area contributed by atoms with E-state index in [9.17, 15) is 14.3 Å². The lowest BCUT2D eigenvalue weighted by atomic mass is 9.97. The fourth-order valence-corrected chi connectivity index (χ4v) is 1.89. The number of rotatable bonds is 3. The molecule has 0 aliphatic rings. The minimum Gasteiger partial charge on any atom is -0.507 e. The molecule has 0 heterocycles. The van der Waals surface area contributed by atoms with Crippen molar-refractivity contribution in [1.29, 1.82) is 0 Å². The van der Waals surface area contributed by atoms with Gasteiger partial charge in [0.25, 0.3) is 0 Å². The predicted molar refractivity (Wildman–Crippen MR) is 68.4 cm³/mol. The van der Waals surface area contributed by atoms with Crippen molar-refractivity contribution in [1.82, 2.24) is 0 Å². The minimum atomic E-state index is -1.23. The normalized spacial score (nSPS) is 10.4. The van der Waals surface area contributed by atoms with Crippen molar-refractivity contribution >= 4 is 5.97 Å². The molecule has 0 unspecified atom stereocenters. The molecule has 0 fully saturated rings. The first-order valence-corrected chi connectivity index (χ1v) is 5.58. The van der Waals surface area contributed by atoms with Crippen LogP contribution in [0.25, 0.3) is 11.1 Å². The van der Waals surface area contributed by atoms with E-state index >= 15 is 0 Å². The standard InChI is InChI=1S/C14H12FNO3/c15-10-2-3-11(9(5-10)7-16)8-1-4-13(17)12(6-8)14(18)19/h1-6,17H,7,16H2,(H,18,19). The summed E-state index contributed by atoms with van der Waals surface area (Å²) in [5.74, 6) is -1.94. The molecule has 5 heteroatoms. The van der Waals surface area contributed by atoms with E-state index in [1.807, 2.05) is 0 Å². The summed E-state index contributed by atoms with van der Waals surface area (Å²) in [5, 5.41) is 18.4. The van der Waals surface area contributed by atoms with Crippen LogP contribution in [0.1, 0.15) is 15.9 Å². The maximum atomic E-state index is 13.1. The van der Waals surface area contributed by atoms with E-state index in [0.717, 1.165) is 0 Å². The Morgan fingerprint density at radius 1 is 1.21 bits per heavy atom. The predicted octanol–water partition coefficient (Wildman–Crippen LogP) is 2.36. The molecule has 0 radical (unpaired) electrons. The second-order valence-corrected chi connectivity index (χ2v) is 4.04. The van der Waals surface area contributed by atoms with Crippen molar-refractivity contribution in [3.63, 3.8) is 0 Å². The van der Waals surface area contributed by atoms with E-state index in [1.165, 1.54) is 30.3 Å². The van der Waals surface area contributed by atoms with Gasteiger partial charge in [0.2, 0.25) is 0 Å². The van der Waals surface area contributed by atoms with Gasteiger partial charge in [0.15, 0.2) is 0 Å². The molecule has 0 amide bonds. The first kappa shape index (κ1) is 13.0. The van der Waals surface area contributed by atoms with E-state index in [1.54, 1.807) is 6.07 Å². The van der Waals surface area contributed by atoms with Crippen LogP contribution in [0.5, 0.6) is 5.75 Å². The lowest BCUT2D eigenvalue weighted by Gasteiger charge is -2.09. The molecule has 0 saturated heterocycles. The number of phenols is 1. The number of carbonyl (C=O) groups is 1. The van der Waals surface area contributed by atoms with Gasteiger partial charge in [-0.05, 0) is 41.0 Å². The van der Waals surface area contributed by atoms with Gasteiger partial charge >= 0.3 is 5.97 Å². The van der Waals surface area contributed by atoms with Crippen LogP contribution >= 0.6 is 0 Å². The lowest BCUT2D eigenvalue weighted by molar-refractivity contribution is 0.0694. The Labute approximate surface area is 108 Å². The van der Waals surface area contributed by atoms with Crippen LogP contribution in [0.2, 0.25) is 0 Å². The number of nitrogens with two attached hydrogens (primary N) is 1. The van der Waals surface area contributed by atoms with Crippen molar-refractivity contribution in [3.8, 4) is 16.9 Å². The highest BCUT2D eigenvalue weighted by atomic mass is 19.1. The van der Waals surface area contributed by atoms with E-state index in [0.29, 0.717) is 16.7 Å². The number of carboxylic acids is 1. The highest BCUT2D eigenvalue weighted by Crippen LogP contribution is 2.28. The second-order valence-electron chi connectivity index (χ2n) is 4.04. The Balaban J connectivity index is 2.59. The van der Waals surface area contributed by atoms with Gasteiger partial charge in [-0.2, -0.15) is 0 Å². The summed E-state index contributed by atoms with van der Waals surface area (Å²) in [5.41, 5.74) is 7.13. The Morgan fingerprint density at radius 2 is 1.95 bits per heavy atom. The summed E-state index contributed by atoms with van der Waals surface area (Å²) < 4.78 is 13.1. The lowest BCUT2D eigenvalue weighted by Crippen LogP contribution is -2.01. The van der Waals surface area contributed by atoms with Crippen LogP contribution in [-0.4, -0.2) is 16.2 Å². The number of aromatic carboxylic acids is 1. The zero-order chi connectivity index (χ0) is 14.0. The average Bonchev–Trinajstić information content (AvgIpc) is 2.39. The van der Waals surface area contributed by atoms with Gasteiger partial charge in [-0.3, -0.25) is 0 Å². The zero-order valence-electron chi connectivity index (χ0n) is 9.93. The third-order valence-corrected chi connectivity index (χ3v) is 2.83. The number of carboxylic acid groups (broad SMARTS) is 1. The molecule has 4 nitrogen and oxygen atoms in total. The van der Waals surface area contributed by atoms with Crippen LogP contribution in [0.15, 0.2) is 36.4 Å². The summed E-state index contributed by atoms with van der Waals surface area (Å²) in [6.07, 6.45) is 0. The third kappa shape index (κ3) is 2.56. The second kappa shape index (κ2) is 5.07. The average molecular weight is 261 g/mol. The topological polar surface area (TPSA) is 83.5 Å². The molecule has 98 valence electrons. The van der Waals surface area contributed by atoms with Crippen LogP contribution in [0.4, 0.5) is 4.39 Å². The largest absolute Gasteiger partial charge is 0.507 e. The van der Waals surface area contributed by atoms with Gasteiger partial charge in [0.05, 0.1) is 0 Å². The smallest absolute Gasteiger partial charge is 0.339 e. The Bertz CT molecular complexity index is 641. The number of aromatic hydroxyl groups is 1. The highest BCUT2D eigenvalue weighted by molar-refractivity contribution is 5.92. The van der Waals surface area contributed by atoms with E-state index in [2.05, 4.69) is 0 Å². The molecule has 0 atom stereocenters. The monoisotopic (exact) mass is 261 g/mol. The SMILES string of the molecule is NCc1cc(F)ccc1-c1ccc(O)c(C(=O)O)c1. The number of benzene rings is 2. The maximum Gasteiger partial charge on any atom is 0.339 e. The molecule has 0 aromatic heterocycles. The molecule has 0 aliphatic carbocycles. The minimum absolute atomic E-state index is 0.135. The Kier molecular flexibility index (Phi) is 3.48. The van der Waals surface area contributed by atoms with Crippen molar-refractivity contribution in [2.45, 2.75) is 6.54 Å². The Morgan fingerprint density at radius 3 is 2.58 bits per heavy atom. The maximum absolute atomic E-state index is 13.1. The summed E-state index contributed by atoms with van der Waals surface area (Å²) >= 11 is 0. The first-order valence-electron chi connectivity index (χ1n) is 5.58. The molecule has 4 N–H and O–H groups in total. The van der Waals surface area contributed by atoms with Crippen molar-refractivity contribution < 1.29 is 19.4 Å². The molecule has 2 aromatic carbocycles. The molecular formula is C14H12FNO3. The fourth-order valence-electron chi connectivity index (χ4n) is 1.89. The summed E-state index contributed by atoms with van der Waals surface area (Å²) in [6, 6.07) is 8.32. The van der Waals surface area contributed by atoms with Gasteiger partial charge in [0, 0.05) is 6.54 Å². The van der Waals surface area contributed by atoms with Crippen LogP contribution in [0.3, 0.4) is 0 Å². The van der Waals surface area contributed by atoms with Crippen LogP contribution in [-0.2, 0) is 6.54 Å². The van der Waals surface area contributed by atoms with E-state index in [4.69, 9.17) is 10.8 Å². The van der Waals surface area contributed by atoms with E-state index in [-0.39, 0.29) is 17.9 Å². The number of halogens is 1. The van der Waals surface area contributed by atoms with Crippen LogP contribution in [0, 0.1) is 5.82 Å². The van der Waals surface area contributed by atoms with Gasteiger partial charge in [-0.25, -0.2) is 9.18 Å². The van der Waals surface area contributed by atoms with Crippen molar-refractivity contribution in [3.05, 3.63) is 53.3 Å². The quantitative estimate of drug-likeness (QED) is 0.792. The summed E-state index contributed by atoms with van der Waals surface area (Å²) in [6.45, 7) is 0.135. The van der Waals surface area contributed by atoms with Crippen LogP contribution < -0.4 is 5.73 Å². The van der Waals surface area contributed by atoms with Gasteiger partial charge in [-0.15, -0.1) is 0 Å². The number of hydrogen-bond acceptors (Lipinski definition) is 3. The van der Waals surface area contributed by atoms with Crippen molar-refractivity contribution in [2.24, 2.45) is 5.73 Å². The zero-order valence-corrected chi connectivity index (χ0v) is 9.93.